The van der Waals surface area contributed by atoms with Crippen molar-refractivity contribution in [3.63, 3.8) is 0 Å². The number of aliphatic carboxylic acids is 1. The molecule has 1 saturated carbocycles. The number of hydrogen-bond acceptors (Lipinski definition) is 4. The third-order valence-electron chi connectivity index (χ3n) is 5.10. The average Bonchev–Trinajstić information content (AvgIpc) is 2.62. The Morgan fingerprint density at radius 3 is 2.13 bits per heavy atom. The van der Waals surface area contributed by atoms with Crippen molar-refractivity contribution in [3.8, 4) is 0 Å². The third-order valence-corrected chi connectivity index (χ3v) is 5.10. The van der Waals surface area contributed by atoms with Crippen LogP contribution in [0.25, 0.3) is 0 Å². The molecule has 5 nitrogen and oxygen atoms in total. The van der Waals surface area contributed by atoms with Gasteiger partial charge in [-0.2, -0.15) is 0 Å². The zero-order valence-corrected chi connectivity index (χ0v) is 13.3. The van der Waals surface area contributed by atoms with Gasteiger partial charge in [-0.15, -0.1) is 0 Å². The number of rotatable bonds is 3. The van der Waals surface area contributed by atoms with Gasteiger partial charge in [0, 0.05) is 49.7 Å². The smallest absolute Gasteiger partial charge is 0.226 e. The van der Waals surface area contributed by atoms with Crippen molar-refractivity contribution >= 4 is 17.6 Å². The maximum Gasteiger partial charge on any atom is 0.226 e. The van der Waals surface area contributed by atoms with E-state index in [4.69, 9.17) is 0 Å². The van der Waals surface area contributed by atoms with Crippen LogP contribution < -0.4 is 10.0 Å². The lowest BCUT2D eigenvalue weighted by molar-refractivity contribution is -0.314. The predicted octanol–water partition coefficient (Wildman–Crippen LogP) is 0.891. The van der Waals surface area contributed by atoms with Crippen LogP contribution in [-0.4, -0.2) is 43.0 Å². The Morgan fingerprint density at radius 1 is 0.913 bits per heavy atom. The fraction of sp³-hybridized carbons (Fsp3) is 0.556. The number of nitrogens with zero attached hydrogens (tertiary/aromatic N) is 2. The highest BCUT2D eigenvalue weighted by atomic mass is 16.4. The summed E-state index contributed by atoms with van der Waals surface area (Å²) in [5, 5.41) is 11.3. The van der Waals surface area contributed by atoms with Gasteiger partial charge in [-0.05, 0) is 25.0 Å². The molecule has 0 bridgehead atoms. The van der Waals surface area contributed by atoms with Gasteiger partial charge in [-0.25, -0.2) is 0 Å². The van der Waals surface area contributed by atoms with Crippen LogP contribution in [0, 0.1) is 11.8 Å². The Hall–Kier alpha value is -2.04. The second-order valence-corrected chi connectivity index (χ2v) is 6.46. The van der Waals surface area contributed by atoms with Crippen LogP contribution in [0.3, 0.4) is 0 Å². The number of amides is 1. The molecule has 124 valence electrons. The molecule has 1 aromatic rings. The van der Waals surface area contributed by atoms with E-state index in [2.05, 4.69) is 17.0 Å². The van der Waals surface area contributed by atoms with E-state index in [9.17, 15) is 14.7 Å². The zero-order chi connectivity index (χ0) is 16.2. The molecule has 2 fully saturated rings. The lowest BCUT2D eigenvalue weighted by Gasteiger charge is -2.40. The minimum atomic E-state index is -1.06. The van der Waals surface area contributed by atoms with E-state index in [0.717, 1.165) is 25.9 Å². The summed E-state index contributed by atoms with van der Waals surface area (Å²) in [4.78, 5) is 28.1. The van der Waals surface area contributed by atoms with Crippen LogP contribution >= 0.6 is 0 Å². The minimum Gasteiger partial charge on any atom is -0.550 e. The van der Waals surface area contributed by atoms with Crippen LogP contribution in [-0.2, 0) is 9.59 Å². The summed E-state index contributed by atoms with van der Waals surface area (Å²) in [6.07, 6.45) is 3.06. The number of anilines is 1. The molecule has 1 saturated heterocycles. The first kappa shape index (κ1) is 15.8. The van der Waals surface area contributed by atoms with E-state index in [1.54, 1.807) is 0 Å². The second-order valence-electron chi connectivity index (χ2n) is 6.46. The summed E-state index contributed by atoms with van der Waals surface area (Å²) in [7, 11) is 0. The summed E-state index contributed by atoms with van der Waals surface area (Å²) in [6.45, 7) is 2.89. The Bertz CT molecular complexity index is 553. The van der Waals surface area contributed by atoms with E-state index in [-0.39, 0.29) is 5.91 Å². The first-order valence-corrected chi connectivity index (χ1v) is 8.46. The monoisotopic (exact) mass is 315 g/mol. The maximum atomic E-state index is 12.7. The molecule has 1 aromatic carbocycles. The number of piperazine rings is 1. The Kier molecular flexibility index (Phi) is 4.84. The van der Waals surface area contributed by atoms with Crippen LogP contribution in [0.5, 0.6) is 0 Å². The minimum absolute atomic E-state index is 0.00612. The lowest BCUT2D eigenvalue weighted by atomic mass is 9.78. The summed E-state index contributed by atoms with van der Waals surface area (Å²) in [5.41, 5.74) is 1.17. The number of carbonyl (C=O) groups is 2. The van der Waals surface area contributed by atoms with Crippen LogP contribution in [0.2, 0.25) is 0 Å². The van der Waals surface area contributed by atoms with Gasteiger partial charge in [0.15, 0.2) is 0 Å². The fourth-order valence-electron chi connectivity index (χ4n) is 3.77. The molecule has 0 unspecified atom stereocenters. The van der Waals surface area contributed by atoms with Gasteiger partial charge >= 0.3 is 0 Å². The van der Waals surface area contributed by atoms with Crippen molar-refractivity contribution in [1.82, 2.24) is 4.90 Å². The summed E-state index contributed by atoms with van der Waals surface area (Å²) < 4.78 is 0. The number of benzene rings is 1. The SMILES string of the molecule is O=C([O-])[C@H]1CCCC[C@H]1C(=O)N1CCN(c2ccccc2)CC1. The quantitative estimate of drug-likeness (QED) is 0.831. The average molecular weight is 315 g/mol. The molecule has 0 spiro atoms. The molecule has 2 atom stereocenters. The van der Waals surface area contributed by atoms with Gasteiger partial charge in [-0.1, -0.05) is 31.0 Å². The zero-order valence-electron chi connectivity index (χ0n) is 13.3. The largest absolute Gasteiger partial charge is 0.550 e. The Labute approximate surface area is 136 Å². The van der Waals surface area contributed by atoms with Gasteiger partial charge < -0.3 is 19.7 Å². The summed E-state index contributed by atoms with van der Waals surface area (Å²) in [6, 6.07) is 10.2. The normalized spacial score (nSPS) is 25.2. The number of carboxylic acids is 1. The molecule has 5 heteroatoms. The maximum absolute atomic E-state index is 12.7. The van der Waals surface area contributed by atoms with Crippen molar-refractivity contribution in [2.75, 3.05) is 31.1 Å². The number of carbonyl (C=O) groups excluding carboxylic acids is 2. The Morgan fingerprint density at radius 2 is 1.52 bits per heavy atom. The topological polar surface area (TPSA) is 63.7 Å². The molecule has 0 aromatic heterocycles. The van der Waals surface area contributed by atoms with Gasteiger partial charge in [0.05, 0.1) is 0 Å². The lowest BCUT2D eigenvalue weighted by Crippen LogP contribution is -2.53. The van der Waals surface area contributed by atoms with Gasteiger partial charge in [0.2, 0.25) is 5.91 Å². The highest BCUT2D eigenvalue weighted by Gasteiger charge is 2.35. The van der Waals surface area contributed by atoms with E-state index in [1.165, 1.54) is 5.69 Å². The number of hydrogen-bond donors (Lipinski definition) is 0. The standard InChI is InChI=1S/C18H24N2O3/c21-17(15-8-4-5-9-16(15)18(22)23)20-12-10-19(11-13-20)14-6-2-1-3-7-14/h1-3,6-7,15-16H,4-5,8-13H2,(H,22,23)/p-1/t15-,16+/m1/s1. The molecule has 1 heterocycles. The van der Waals surface area contributed by atoms with Crippen LogP contribution in [0.15, 0.2) is 30.3 Å². The summed E-state index contributed by atoms with van der Waals surface area (Å²) >= 11 is 0. The van der Waals surface area contributed by atoms with Crippen LogP contribution in [0.1, 0.15) is 25.7 Å². The van der Waals surface area contributed by atoms with E-state index in [0.29, 0.717) is 25.9 Å². The molecular weight excluding hydrogens is 292 g/mol. The molecule has 1 amide bonds. The van der Waals surface area contributed by atoms with E-state index in [1.807, 2.05) is 23.1 Å². The van der Waals surface area contributed by atoms with Crippen molar-refractivity contribution in [3.05, 3.63) is 30.3 Å². The van der Waals surface area contributed by atoms with Crippen LogP contribution in [0.4, 0.5) is 5.69 Å². The van der Waals surface area contributed by atoms with Gasteiger partial charge in [0.25, 0.3) is 0 Å². The van der Waals surface area contributed by atoms with Gasteiger partial charge in [-0.3, -0.25) is 4.79 Å². The van der Waals surface area contributed by atoms with Crippen molar-refractivity contribution in [2.24, 2.45) is 11.8 Å². The third kappa shape index (κ3) is 3.49. The molecule has 2 aliphatic rings. The first-order chi connectivity index (χ1) is 11.2. The number of carboxylic acid groups (broad SMARTS) is 1. The van der Waals surface area contributed by atoms with Crippen molar-refractivity contribution in [2.45, 2.75) is 25.7 Å². The molecule has 3 rings (SSSR count). The van der Waals surface area contributed by atoms with E-state index < -0.39 is 17.8 Å². The van der Waals surface area contributed by atoms with Crippen molar-refractivity contribution < 1.29 is 14.7 Å². The molecule has 1 aliphatic heterocycles. The Balaban J connectivity index is 1.60. The molecular formula is C18H23N2O3-. The van der Waals surface area contributed by atoms with E-state index >= 15 is 0 Å². The molecule has 0 radical (unpaired) electrons. The van der Waals surface area contributed by atoms with Crippen molar-refractivity contribution in [1.29, 1.82) is 0 Å². The first-order valence-electron chi connectivity index (χ1n) is 8.46. The molecule has 0 N–H and O–H groups in total. The second kappa shape index (κ2) is 7.02. The molecule has 1 aliphatic carbocycles. The fourth-order valence-corrected chi connectivity index (χ4v) is 3.77. The summed E-state index contributed by atoms with van der Waals surface area (Å²) in [5.74, 6) is -2.06. The number of para-hydroxylation sites is 1. The highest BCUT2D eigenvalue weighted by Crippen LogP contribution is 2.31. The predicted molar refractivity (Wildman–Crippen MR) is 85.7 cm³/mol. The highest BCUT2D eigenvalue weighted by molar-refractivity contribution is 5.84. The molecule has 23 heavy (non-hydrogen) atoms. The van der Waals surface area contributed by atoms with Gasteiger partial charge in [0.1, 0.15) is 0 Å².